The lowest BCUT2D eigenvalue weighted by Gasteiger charge is -2.44. The zero-order valence-corrected chi connectivity index (χ0v) is 78.0. The molecule has 51 heteroatoms. The van der Waals surface area contributed by atoms with Crippen molar-refractivity contribution < 1.29 is 205 Å². The van der Waals surface area contributed by atoms with Crippen LogP contribution in [0.25, 0.3) is 0 Å². The molecule has 3 aliphatic rings. The number of unbranched alkanes of at least 4 members (excludes halogenated alkanes) is 2. The number of esters is 9. The summed E-state index contributed by atoms with van der Waals surface area (Å²) in [5.41, 5.74) is 0. The first-order chi connectivity index (χ1) is 63.8. The molecular formula is C83H134N8O43. The Morgan fingerprint density at radius 2 is 0.545 bits per heavy atom. The minimum atomic E-state index is -1.36. The molecular weight excluding hydrogens is 1800 g/mol. The van der Waals surface area contributed by atoms with Gasteiger partial charge in [0.25, 0.3) is 0 Å². The van der Waals surface area contributed by atoms with Crippen LogP contribution < -0.4 is 42.5 Å². The number of nitrogens with one attached hydrogen (secondary N) is 8. The fraction of sp³-hybridized carbons (Fsp3) is 0.783. The average molecular weight is 1930 g/mol. The first-order valence-corrected chi connectivity index (χ1v) is 43.7. The van der Waals surface area contributed by atoms with E-state index in [0.29, 0.717) is 6.42 Å². The summed E-state index contributed by atoms with van der Waals surface area (Å²) in [6.45, 7) is 12.9. The lowest BCUT2D eigenvalue weighted by molar-refractivity contribution is -0.279. The summed E-state index contributed by atoms with van der Waals surface area (Å²) in [6, 6.07) is -7.57. The second kappa shape index (κ2) is 67.9. The van der Waals surface area contributed by atoms with Crippen LogP contribution in [0.1, 0.15) is 141 Å². The molecule has 764 valence electrons. The molecule has 0 radical (unpaired) electrons. The number of aliphatic carboxylic acids is 1. The quantitative estimate of drug-likeness (QED) is 0.0159. The van der Waals surface area contributed by atoms with E-state index in [1.807, 2.05) is 0 Å². The van der Waals surface area contributed by atoms with Crippen LogP contribution >= 0.6 is 0 Å². The van der Waals surface area contributed by atoms with E-state index in [-0.39, 0.29) is 190 Å². The van der Waals surface area contributed by atoms with Gasteiger partial charge in [-0.25, -0.2) is 4.79 Å². The third-order valence-electron chi connectivity index (χ3n) is 18.6. The Morgan fingerprint density at radius 1 is 0.291 bits per heavy atom. The van der Waals surface area contributed by atoms with E-state index in [1.54, 1.807) is 6.92 Å². The Labute approximate surface area is 774 Å². The minimum Gasteiger partial charge on any atom is -0.480 e. The van der Waals surface area contributed by atoms with Gasteiger partial charge in [0.1, 0.15) is 94.2 Å². The maximum Gasteiger partial charge on any atom is 0.326 e. The number of carbonyl (C=O) groups is 18. The molecule has 18 atom stereocenters. The summed E-state index contributed by atoms with van der Waals surface area (Å²) < 4.78 is 133. The highest BCUT2D eigenvalue weighted by atomic mass is 16.7. The first-order valence-electron chi connectivity index (χ1n) is 43.7. The van der Waals surface area contributed by atoms with E-state index in [0.717, 1.165) is 62.3 Å². The Morgan fingerprint density at radius 3 is 0.806 bits per heavy atom. The Kier molecular flexibility index (Phi) is 59.8. The van der Waals surface area contributed by atoms with Crippen molar-refractivity contribution in [1.29, 1.82) is 0 Å². The summed E-state index contributed by atoms with van der Waals surface area (Å²) in [5.74, 6) is -13.1. The highest BCUT2D eigenvalue weighted by Gasteiger charge is 2.55. The predicted octanol–water partition coefficient (Wildman–Crippen LogP) is -3.93. The molecule has 8 amide bonds. The van der Waals surface area contributed by atoms with Crippen LogP contribution in [0, 0.1) is 0 Å². The van der Waals surface area contributed by atoms with Gasteiger partial charge in [-0.1, -0.05) is 13.3 Å². The summed E-state index contributed by atoms with van der Waals surface area (Å²) in [5, 5.41) is 31.0. The minimum absolute atomic E-state index is 0.000235. The number of carboxylic acids is 1. The number of carboxylic acid groups (broad SMARTS) is 1. The molecule has 134 heavy (non-hydrogen) atoms. The van der Waals surface area contributed by atoms with Crippen LogP contribution in [0.15, 0.2) is 0 Å². The van der Waals surface area contributed by atoms with Crippen LogP contribution in [-0.2, 0) is 200 Å². The Bertz CT molecular complexity index is 3660. The van der Waals surface area contributed by atoms with Gasteiger partial charge in [0.2, 0.25) is 47.3 Å². The van der Waals surface area contributed by atoms with Crippen LogP contribution in [0.4, 0.5) is 0 Å². The number of hydrogen-bond donors (Lipinski definition) is 9. The SMILES string of the molecule is CCC[C@H](NC(=O)[C@H](CCCCNC(=O)COCCOCCOCCO[C@@H]1O[C@H](COC(C)=O)[C@H](OC(C)=O)[C@H](OC(C)=O)[C@H]1NC(C)=O)NC(=O)[C@H](CCCCNC(=O)COCCOCCOCCO[C@@H]1O[C@H](COC(C)=O)[C@H](OC(C)=O)[C@H](OC(C)=O)[C@H]1NC(C)=O)NC(=O)COCCOCCOCCO[C@@H]1O[C@H](COC(C)=O)[C@H](OC(C)=O)[C@H](OC(C)=O)[C@H]1NC(C)=O)C(=O)O. The van der Waals surface area contributed by atoms with Crippen LogP contribution in [0.2, 0.25) is 0 Å². The molecule has 9 N–H and O–H groups in total. The van der Waals surface area contributed by atoms with Crippen LogP contribution in [0.3, 0.4) is 0 Å². The van der Waals surface area contributed by atoms with Gasteiger partial charge in [-0.2, -0.15) is 0 Å². The lowest BCUT2D eigenvalue weighted by Crippen LogP contribution is -2.66. The fourth-order valence-corrected chi connectivity index (χ4v) is 13.2. The molecule has 0 unspecified atom stereocenters. The second-order valence-electron chi connectivity index (χ2n) is 30.2. The van der Waals surface area contributed by atoms with Gasteiger partial charge >= 0.3 is 59.7 Å². The Hall–Kier alpha value is -10.1. The molecule has 51 nitrogen and oxygen atoms in total. The van der Waals surface area contributed by atoms with E-state index >= 15 is 0 Å². The lowest BCUT2D eigenvalue weighted by atomic mass is 9.96. The second-order valence-corrected chi connectivity index (χ2v) is 30.2. The topological polar surface area (TPSA) is 645 Å². The van der Waals surface area contributed by atoms with Crippen molar-refractivity contribution >= 4 is 107 Å². The van der Waals surface area contributed by atoms with Gasteiger partial charge in [-0.3, -0.25) is 81.5 Å². The van der Waals surface area contributed by atoms with Crippen molar-refractivity contribution in [2.75, 3.05) is 172 Å². The molecule has 3 heterocycles. The largest absolute Gasteiger partial charge is 0.480 e. The molecule has 0 saturated carbocycles. The normalized spacial score (nSPS) is 22.0. The fourth-order valence-electron chi connectivity index (χ4n) is 13.2. The van der Waals surface area contributed by atoms with Gasteiger partial charge in [-0.05, 0) is 44.9 Å². The first kappa shape index (κ1) is 118. The number of carbonyl (C=O) groups excluding carboxylic acids is 17. The van der Waals surface area contributed by atoms with Gasteiger partial charge in [0.15, 0.2) is 55.5 Å². The molecule has 0 aromatic heterocycles. The standard InChI is InChI=1S/C83H134N8O43/c1-14-19-62(80(109)110)91-79(108)61(21-16-18-23-85-67(105)46-118-34-31-112-25-28-115-37-40-121-82-70(87-49(3)93)76(130-58(12)102)73(127-55(9)99)64(133-82)43-124-52(6)96)90-78(107)60(89-68(106)47-119-35-32-113-26-29-116-38-41-122-83-71(88-50(4)94)77(131-59(13)103)74(128-56(10)100)65(134-83)44-125-53(7)97)20-15-17-22-84-66(104)45-117-33-30-111-24-27-114-36-39-120-81-69(86-48(2)92)75(129-57(11)101)72(126-54(8)98)63(132-81)42-123-51(5)95/h60-65,69-77,81-83H,14-47H2,1-13H3,(H,84,104)(H,85,105)(H,86,92)(H,87,93)(H,88,94)(H,89,106)(H,90,107)(H,91,108)(H,109,110)/t60-,61-,62-,63+,64+,65+,69+,70+,71+,72-,73-,74-,75+,76+,77+,81+,82+,83+/m0/s1. The number of amides is 8. The molecule has 0 aromatic carbocycles. The monoisotopic (exact) mass is 1930 g/mol. The van der Waals surface area contributed by atoms with Crippen molar-refractivity contribution in [3.8, 4) is 0 Å². The zero-order chi connectivity index (χ0) is 99.5. The smallest absolute Gasteiger partial charge is 0.326 e. The van der Waals surface area contributed by atoms with Crippen molar-refractivity contribution in [2.24, 2.45) is 0 Å². The van der Waals surface area contributed by atoms with Crippen LogP contribution in [-0.4, -0.2) is 394 Å². The van der Waals surface area contributed by atoms with Crippen LogP contribution in [0.5, 0.6) is 0 Å². The third kappa shape index (κ3) is 51.5. The molecule has 0 aromatic rings. The molecule has 0 bridgehead atoms. The van der Waals surface area contributed by atoms with Gasteiger partial charge in [0, 0.05) is 96.2 Å². The number of rotatable bonds is 69. The van der Waals surface area contributed by atoms with E-state index in [9.17, 15) is 91.4 Å². The highest BCUT2D eigenvalue weighted by Crippen LogP contribution is 2.32. The summed E-state index contributed by atoms with van der Waals surface area (Å²) in [7, 11) is 0. The van der Waals surface area contributed by atoms with Crippen molar-refractivity contribution in [1.82, 2.24) is 42.5 Å². The summed E-state index contributed by atoms with van der Waals surface area (Å²) in [4.78, 5) is 225. The van der Waals surface area contributed by atoms with E-state index in [1.165, 1.54) is 20.8 Å². The molecule has 0 spiro atoms. The predicted molar refractivity (Wildman–Crippen MR) is 449 cm³/mol. The maximum atomic E-state index is 14.3. The molecule has 3 aliphatic heterocycles. The number of ether oxygens (including phenoxy) is 24. The maximum absolute atomic E-state index is 14.3. The summed E-state index contributed by atoms with van der Waals surface area (Å²) >= 11 is 0. The van der Waals surface area contributed by atoms with Crippen molar-refractivity contribution in [2.45, 2.75) is 251 Å². The molecule has 3 fully saturated rings. The Balaban J connectivity index is 1.57. The van der Waals surface area contributed by atoms with E-state index < -0.39 is 243 Å². The van der Waals surface area contributed by atoms with E-state index in [2.05, 4.69) is 42.5 Å². The van der Waals surface area contributed by atoms with E-state index in [4.69, 9.17) is 114 Å². The van der Waals surface area contributed by atoms with Crippen molar-refractivity contribution in [3.05, 3.63) is 0 Å². The van der Waals surface area contributed by atoms with Crippen molar-refractivity contribution in [3.63, 3.8) is 0 Å². The third-order valence-corrected chi connectivity index (χ3v) is 18.6. The zero-order valence-electron chi connectivity index (χ0n) is 78.0. The average Bonchev–Trinajstić information content (AvgIpc) is 0.794. The highest BCUT2D eigenvalue weighted by molar-refractivity contribution is 5.93. The van der Waals surface area contributed by atoms with Gasteiger partial charge < -0.3 is 161 Å². The molecule has 3 rings (SSSR count). The number of hydrogen-bond acceptors (Lipinski definition) is 42. The molecule has 0 aliphatic carbocycles. The van der Waals surface area contributed by atoms with Gasteiger partial charge in [0.05, 0.1) is 119 Å². The molecule has 3 saturated heterocycles. The van der Waals surface area contributed by atoms with Gasteiger partial charge in [-0.15, -0.1) is 0 Å². The summed E-state index contributed by atoms with van der Waals surface area (Å²) in [6.07, 6.45) is -14.1.